The van der Waals surface area contributed by atoms with Crippen molar-refractivity contribution in [3.63, 3.8) is 0 Å². The van der Waals surface area contributed by atoms with E-state index in [1.54, 1.807) is 6.33 Å². The van der Waals surface area contributed by atoms with Crippen LogP contribution in [0.25, 0.3) is 22.0 Å². The summed E-state index contributed by atoms with van der Waals surface area (Å²) < 4.78 is 2.16. The Morgan fingerprint density at radius 3 is 2.58 bits per heavy atom. The average Bonchev–Trinajstić information content (AvgIpc) is 3.55. The van der Waals surface area contributed by atoms with E-state index in [4.69, 9.17) is 10.1 Å². The summed E-state index contributed by atoms with van der Waals surface area (Å²) in [6, 6.07) is 18.2. The van der Waals surface area contributed by atoms with Gasteiger partial charge in [-0.2, -0.15) is 5.10 Å². The van der Waals surface area contributed by atoms with Gasteiger partial charge < -0.3 is 9.80 Å². The predicted molar refractivity (Wildman–Crippen MR) is 132 cm³/mol. The maximum atomic E-state index is 4.73. The number of anilines is 1. The zero-order chi connectivity index (χ0) is 22.2. The lowest BCUT2D eigenvalue weighted by Gasteiger charge is -2.28. The van der Waals surface area contributed by atoms with E-state index in [1.165, 1.54) is 12.0 Å². The van der Waals surface area contributed by atoms with Gasteiger partial charge >= 0.3 is 0 Å². The number of fused-ring (bicyclic) bond motifs is 1. The Balaban J connectivity index is 1.30. The summed E-state index contributed by atoms with van der Waals surface area (Å²) in [4.78, 5) is 14.2. The molecule has 2 saturated heterocycles. The van der Waals surface area contributed by atoms with Crippen molar-refractivity contribution >= 4 is 16.7 Å². The van der Waals surface area contributed by atoms with E-state index in [1.807, 2.05) is 6.20 Å². The highest BCUT2D eigenvalue weighted by Gasteiger charge is 2.28. The number of hydrogen-bond acceptors (Lipinski definition) is 5. The van der Waals surface area contributed by atoms with Crippen LogP contribution in [-0.2, 0) is 0 Å². The number of nitrogens with zero attached hydrogens (tertiary/aromatic N) is 6. The molecule has 2 aliphatic heterocycles. The fourth-order valence-corrected chi connectivity index (χ4v) is 5.44. The fourth-order valence-electron chi connectivity index (χ4n) is 5.44. The predicted octanol–water partition coefficient (Wildman–Crippen LogP) is 5.10. The van der Waals surface area contributed by atoms with Crippen molar-refractivity contribution in [2.75, 3.05) is 31.6 Å². The van der Waals surface area contributed by atoms with Crippen molar-refractivity contribution in [3.05, 3.63) is 72.8 Å². The lowest BCUT2D eigenvalue weighted by atomic mass is 10.0. The first-order valence-corrected chi connectivity index (χ1v) is 12.1. The lowest BCUT2D eigenvalue weighted by molar-refractivity contribution is 0.212. The van der Waals surface area contributed by atoms with Crippen LogP contribution in [0.3, 0.4) is 0 Å². The largest absolute Gasteiger partial charge is 0.349 e. The monoisotopic (exact) mass is 438 g/mol. The standard InChI is InChI=1S/C27H30N6/c1-31-14-11-23(12-15-31)33-18-22(17-30-33)21-9-10-24-25(16-21)28-19-29-27(24)32-13-5-8-26(32)20-6-3-2-4-7-20/h2-4,6-7,9-10,16-19,23,26H,5,8,11-15H2,1H3. The maximum Gasteiger partial charge on any atom is 0.140 e. The molecular formula is C27H30N6. The van der Waals surface area contributed by atoms with E-state index in [0.717, 1.165) is 66.7 Å². The molecule has 0 bridgehead atoms. The summed E-state index contributed by atoms with van der Waals surface area (Å²) >= 11 is 0. The van der Waals surface area contributed by atoms with Crippen LogP contribution in [0.1, 0.15) is 43.3 Å². The van der Waals surface area contributed by atoms with E-state index in [2.05, 4.69) is 81.2 Å². The van der Waals surface area contributed by atoms with Crippen LogP contribution in [0.4, 0.5) is 5.82 Å². The van der Waals surface area contributed by atoms with Crippen molar-refractivity contribution in [3.8, 4) is 11.1 Å². The third-order valence-electron chi connectivity index (χ3n) is 7.32. The summed E-state index contributed by atoms with van der Waals surface area (Å²) in [7, 11) is 2.19. The van der Waals surface area contributed by atoms with E-state index in [0.29, 0.717) is 12.1 Å². The number of likely N-dealkylation sites (tertiary alicyclic amines) is 1. The molecule has 33 heavy (non-hydrogen) atoms. The molecule has 0 radical (unpaired) electrons. The summed E-state index contributed by atoms with van der Waals surface area (Å²) in [5.74, 6) is 1.04. The average molecular weight is 439 g/mol. The first-order chi connectivity index (χ1) is 16.3. The molecule has 0 N–H and O–H groups in total. The van der Waals surface area contributed by atoms with Crippen molar-refractivity contribution in [1.29, 1.82) is 0 Å². The van der Waals surface area contributed by atoms with Crippen molar-refractivity contribution < 1.29 is 0 Å². The molecule has 0 aliphatic carbocycles. The molecule has 6 rings (SSSR count). The van der Waals surface area contributed by atoms with Crippen molar-refractivity contribution in [2.45, 2.75) is 37.8 Å². The molecule has 4 heterocycles. The smallest absolute Gasteiger partial charge is 0.140 e. The highest BCUT2D eigenvalue weighted by Crippen LogP contribution is 2.38. The Kier molecular flexibility index (Phi) is 5.30. The molecule has 1 atom stereocenters. The quantitative estimate of drug-likeness (QED) is 0.444. The molecule has 0 amide bonds. The molecule has 2 fully saturated rings. The van der Waals surface area contributed by atoms with Gasteiger partial charge in [-0.25, -0.2) is 9.97 Å². The number of aromatic nitrogens is 4. The SMILES string of the molecule is CN1CCC(n2cc(-c3ccc4c(N5CCCC5c5ccccc5)ncnc4c3)cn2)CC1. The van der Waals surface area contributed by atoms with Gasteiger partial charge in [0.1, 0.15) is 12.1 Å². The first kappa shape index (κ1) is 20.4. The summed E-state index contributed by atoms with van der Waals surface area (Å²) in [5.41, 5.74) is 4.66. The lowest BCUT2D eigenvalue weighted by Crippen LogP contribution is -2.31. The van der Waals surface area contributed by atoms with E-state index >= 15 is 0 Å². The van der Waals surface area contributed by atoms with E-state index < -0.39 is 0 Å². The minimum absolute atomic E-state index is 0.372. The Morgan fingerprint density at radius 2 is 1.73 bits per heavy atom. The van der Waals surface area contributed by atoms with Gasteiger partial charge in [-0.15, -0.1) is 0 Å². The zero-order valence-corrected chi connectivity index (χ0v) is 19.1. The van der Waals surface area contributed by atoms with Gasteiger partial charge in [0, 0.05) is 23.7 Å². The third kappa shape index (κ3) is 3.89. The van der Waals surface area contributed by atoms with Crippen LogP contribution < -0.4 is 4.90 Å². The summed E-state index contributed by atoms with van der Waals surface area (Å²) in [6.45, 7) is 3.29. The molecule has 0 saturated carbocycles. The summed E-state index contributed by atoms with van der Waals surface area (Å²) in [6.07, 6.45) is 10.6. The number of piperidine rings is 1. The molecule has 2 aromatic heterocycles. The minimum atomic E-state index is 0.372. The second kappa shape index (κ2) is 8.60. The van der Waals surface area contributed by atoms with Gasteiger partial charge in [0.25, 0.3) is 0 Å². The second-order valence-electron chi connectivity index (χ2n) is 9.43. The Labute approximate surface area is 194 Å². The second-order valence-corrected chi connectivity index (χ2v) is 9.43. The van der Waals surface area contributed by atoms with Crippen molar-refractivity contribution in [2.24, 2.45) is 0 Å². The van der Waals surface area contributed by atoms with Gasteiger partial charge in [0.15, 0.2) is 0 Å². The molecule has 6 heteroatoms. The number of rotatable bonds is 4. The minimum Gasteiger partial charge on any atom is -0.349 e. The molecule has 2 aliphatic rings. The van der Waals surface area contributed by atoms with Gasteiger partial charge in [-0.1, -0.05) is 36.4 Å². The van der Waals surface area contributed by atoms with Gasteiger partial charge in [-0.05, 0) is 69.1 Å². The van der Waals surface area contributed by atoms with Gasteiger partial charge in [0.2, 0.25) is 0 Å². The van der Waals surface area contributed by atoms with Crippen LogP contribution in [0.5, 0.6) is 0 Å². The molecular weight excluding hydrogens is 408 g/mol. The van der Waals surface area contributed by atoms with Crippen LogP contribution in [-0.4, -0.2) is 51.3 Å². The Bertz CT molecular complexity index is 1240. The molecule has 1 unspecified atom stereocenters. The van der Waals surface area contributed by atoms with Crippen LogP contribution >= 0.6 is 0 Å². The maximum absolute atomic E-state index is 4.73. The molecule has 168 valence electrons. The number of hydrogen-bond donors (Lipinski definition) is 0. The number of benzene rings is 2. The van der Waals surface area contributed by atoms with E-state index in [-0.39, 0.29) is 0 Å². The van der Waals surface area contributed by atoms with Crippen LogP contribution in [0.15, 0.2) is 67.3 Å². The topological polar surface area (TPSA) is 50.1 Å². The normalized spacial score (nSPS) is 20.0. The zero-order valence-electron chi connectivity index (χ0n) is 19.1. The van der Waals surface area contributed by atoms with Gasteiger partial charge in [0.05, 0.1) is 23.8 Å². The fraction of sp³-hybridized carbons (Fsp3) is 0.370. The molecule has 0 spiro atoms. The first-order valence-electron chi connectivity index (χ1n) is 12.1. The van der Waals surface area contributed by atoms with Crippen LogP contribution in [0, 0.1) is 0 Å². The Hall–Kier alpha value is -3.25. The molecule has 4 aromatic rings. The highest BCUT2D eigenvalue weighted by atomic mass is 15.3. The van der Waals surface area contributed by atoms with E-state index in [9.17, 15) is 0 Å². The summed E-state index contributed by atoms with van der Waals surface area (Å²) in [5, 5.41) is 5.82. The highest BCUT2D eigenvalue weighted by molar-refractivity contribution is 5.92. The molecule has 6 nitrogen and oxygen atoms in total. The Morgan fingerprint density at radius 1 is 0.879 bits per heavy atom. The molecule has 2 aromatic carbocycles. The van der Waals surface area contributed by atoms with Crippen molar-refractivity contribution in [1.82, 2.24) is 24.6 Å². The van der Waals surface area contributed by atoms with Crippen LogP contribution in [0.2, 0.25) is 0 Å². The third-order valence-corrected chi connectivity index (χ3v) is 7.32. The van der Waals surface area contributed by atoms with Gasteiger partial charge in [-0.3, -0.25) is 4.68 Å².